The van der Waals surface area contributed by atoms with Crippen LogP contribution in [0.4, 0.5) is 0 Å². The van der Waals surface area contributed by atoms with Crippen LogP contribution in [0.3, 0.4) is 0 Å². The van der Waals surface area contributed by atoms with Crippen LogP contribution >= 0.6 is 0 Å². The van der Waals surface area contributed by atoms with Crippen LogP contribution in [0.25, 0.3) is 0 Å². The molecule has 3 nitrogen and oxygen atoms in total. The molecule has 2 rings (SSSR count). The number of nitrogens with two attached hydrogens (primary N) is 1. The minimum absolute atomic E-state index is 0.111. The molecular formula is C14H27NO2. The smallest absolute Gasteiger partial charge is 0.0973 e. The summed E-state index contributed by atoms with van der Waals surface area (Å²) in [5, 5.41) is 11.2. The van der Waals surface area contributed by atoms with Crippen molar-refractivity contribution in [2.24, 2.45) is 28.9 Å². The molecule has 4 atom stereocenters. The molecule has 0 radical (unpaired) electrons. The summed E-state index contributed by atoms with van der Waals surface area (Å²) in [6.07, 6.45) is 4.91. The van der Waals surface area contributed by atoms with Crippen molar-refractivity contribution in [2.45, 2.75) is 45.1 Å². The molecule has 0 aliphatic heterocycles. The van der Waals surface area contributed by atoms with Crippen molar-refractivity contribution in [3.8, 4) is 0 Å². The van der Waals surface area contributed by atoms with Gasteiger partial charge in [-0.1, -0.05) is 20.3 Å². The highest BCUT2D eigenvalue weighted by molar-refractivity contribution is 5.12. The van der Waals surface area contributed by atoms with E-state index in [2.05, 4.69) is 13.8 Å². The number of aliphatic hydroxyl groups is 1. The van der Waals surface area contributed by atoms with E-state index < -0.39 is 5.60 Å². The molecule has 2 saturated carbocycles. The first-order chi connectivity index (χ1) is 8.00. The zero-order valence-corrected chi connectivity index (χ0v) is 11.4. The maximum atomic E-state index is 11.2. The first-order valence-electron chi connectivity index (χ1n) is 6.91. The van der Waals surface area contributed by atoms with Crippen LogP contribution in [0, 0.1) is 23.2 Å². The summed E-state index contributed by atoms with van der Waals surface area (Å²) >= 11 is 0. The molecule has 0 heterocycles. The third-order valence-corrected chi connectivity index (χ3v) is 5.52. The monoisotopic (exact) mass is 241 g/mol. The van der Waals surface area contributed by atoms with Crippen molar-refractivity contribution >= 4 is 0 Å². The molecule has 0 spiro atoms. The van der Waals surface area contributed by atoms with Gasteiger partial charge in [0, 0.05) is 19.1 Å². The molecular weight excluding hydrogens is 214 g/mol. The number of hydrogen-bond acceptors (Lipinski definition) is 3. The molecule has 2 aliphatic carbocycles. The van der Waals surface area contributed by atoms with Crippen molar-refractivity contribution in [1.29, 1.82) is 0 Å². The van der Waals surface area contributed by atoms with Crippen LogP contribution < -0.4 is 5.73 Å². The van der Waals surface area contributed by atoms with Gasteiger partial charge in [0.1, 0.15) is 0 Å². The Labute approximate surface area is 105 Å². The summed E-state index contributed by atoms with van der Waals surface area (Å²) in [6.45, 7) is 5.17. The largest absolute Gasteiger partial charge is 0.387 e. The third-order valence-electron chi connectivity index (χ3n) is 5.52. The van der Waals surface area contributed by atoms with E-state index in [1.807, 2.05) is 0 Å². The van der Waals surface area contributed by atoms with Gasteiger partial charge in [0.25, 0.3) is 0 Å². The number of methoxy groups -OCH3 is 1. The van der Waals surface area contributed by atoms with Gasteiger partial charge in [-0.25, -0.2) is 0 Å². The molecule has 0 aromatic heterocycles. The molecule has 3 heteroatoms. The predicted octanol–water partition coefficient (Wildman–Crippen LogP) is 1.78. The molecule has 4 unspecified atom stereocenters. The highest BCUT2D eigenvalue weighted by Crippen LogP contribution is 2.61. The zero-order valence-electron chi connectivity index (χ0n) is 11.4. The van der Waals surface area contributed by atoms with E-state index in [1.54, 1.807) is 7.11 Å². The Morgan fingerprint density at radius 2 is 2.18 bits per heavy atom. The summed E-state index contributed by atoms with van der Waals surface area (Å²) < 4.78 is 5.31. The van der Waals surface area contributed by atoms with E-state index in [9.17, 15) is 5.11 Å². The molecule has 0 saturated heterocycles. The third kappa shape index (κ3) is 1.74. The van der Waals surface area contributed by atoms with Gasteiger partial charge in [-0.15, -0.1) is 0 Å². The van der Waals surface area contributed by atoms with Crippen LogP contribution in [0.1, 0.15) is 39.5 Å². The Bertz CT molecular complexity index is 281. The van der Waals surface area contributed by atoms with Gasteiger partial charge in [-0.3, -0.25) is 0 Å². The highest BCUT2D eigenvalue weighted by atomic mass is 16.5. The minimum Gasteiger partial charge on any atom is -0.387 e. The van der Waals surface area contributed by atoms with Crippen molar-refractivity contribution in [3.63, 3.8) is 0 Å². The summed E-state index contributed by atoms with van der Waals surface area (Å²) in [5.74, 6) is 1.57. The Morgan fingerprint density at radius 3 is 2.53 bits per heavy atom. The van der Waals surface area contributed by atoms with Gasteiger partial charge in [0.15, 0.2) is 0 Å². The average molecular weight is 241 g/mol. The van der Waals surface area contributed by atoms with Crippen molar-refractivity contribution < 1.29 is 9.84 Å². The number of rotatable bonds is 5. The minimum atomic E-state index is -0.768. The summed E-state index contributed by atoms with van der Waals surface area (Å²) in [4.78, 5) is 0. The Hall–Kier alpha value is -0.120. The maximum Gasteiger partial charge on any atom is 0.0973 e. The van der Waals surface area contributed by atoms with E-state index in [-0.39, 0.29) is 11.3 Å². The lowest BCUT2D eigenvalue weighted by molar-refractivity contribution is -0.170. The van der Waals surface area contributed by atoms with Crippen LogP contribution in [0.2, 0.25) is 0 Å². The summed E-state index contributed by atoms with van der Waals surface area (Å²) in [7, 11) is 1.67. The molecule has 2 fully saturated rings. The van der Waals surface area contributed by atoms with Crippen molar-refractivity contribution in [2.75, 3.05) is 20.3 Å². The number of ether oxygens (including phenoxy) is 1. The van der Waals surface area contributed by atoms with Crippen LogP contribution in [0.5, 0.6) is 0 Å². The molecule has 0 aromatic carbocycles. The van der Waals surface area contributed by atoms with E-state index in [4.69, 9.17) is 10.5 Å². The fourth-order valence-electron chi connectivity index (χ4n) is 4.51. The lowest BCUT2D eigenvalue weighted by Crippen LogP contribution is -2.60. The molecule has 2 aliphatic rings. The lowest BCUT2D eigenvalue weighted by atomic mass is 9.59. The van der Waals surface area contributed by atoms with Gasteiger partial charge < -0.3 is 15.6 Å². The first kappa shape index (κ1) is 13.3. The summed E-state index contributed by atoms with van der Waals surface area (Å²) in [5.41, 5.74) is 5.22. The van der Waals surface area contributed by atoms with Crippen molar-refractivity contribution in [1.82, 2.24) is 0 Å². The predicted molar refractivity (Wildman–Crippen MR) is 68.6 cm³/mol. The van der Waals surface area contributed by atoms with E-state index in [1.165, 1.54) is 19.3 Å². The molecule has 2 bridgehead atoms. The second-order valence-corrected chi connectivity index (χ2v) is 6.45. The molecule has 0 aromatic rings. The fraction of sp³-hybridized carbons (Fsp3) is 1.00. The van der Waals surface area contributed by atoms with Gasteiger partial charge in [0.2, 0.25) is 0 Å². The number of hydrogen-bond donors (Lipinski definition) is 2. The normalized spacial score (nSPS) is 39.9. The van der Waals surface area contributed by atoms with E-state index in [0.717, 1.165) is 12.3 Å². The Morgan fingerprint density at radius 1 is 1.47 bits per heavy atom. The SMILES string of the molecule is COCC(O)(C(C)C)C1(CN)CC2CCC1C2. The molecule has 17 heavy (non-hydrogen) atoms. The highest BCUT2D eigenvalue weighted by Gasteiger charge is 2.61. The molecule has 100 valence electrons. The fourth-order valence-corrected chi connectivity index (χ4v) is 4.51. The molecule has 0 amide bonds. The lowest BCUT2D eigenvalue weighted by Gasteiger charge is -2.51. The quantitative estimate of drug-likeness (QED) is 0.771. The second kappa shape index (κ2) is 4.52. The standard InChI is InChI=1S/C14H27NO2/c1-10(2)14(16,9-17-3)13(8-15)7-11-4-5-12(13)6-11/h10-12,16H,4-9,15H2,1-3H3. The van der Waals surface area contributed by atoms with E-state index >= 15 is 0 Å². The molecule has 3 N–H and O–H groups in total. The van der Waals surface area contributed by atoms with Gasteiger partial charge in [-0.2, -0.15) is 0 Å². The van der Waals surface area contributed by atoms with Crippen molar-refractivity contribution in [3.05, 3.63) is 0 Å². The van der Waals surface area contributed by atoms with Crippen LogP contribution in [-0.2, 0) is 4.74 Å². The maximum absolute atomic E-state index is 11.2. The average Bonchev–Trinajstić information content (AvgIpc) is 2.89. The zero-order chi connectivity index (χ0) is 12.7. The van der Waals surface area contributed by atoms with Crippen LogP contribution in [0.15, 0.2) is 0 Å². The first-order valence-corrected chi connectivity index (χ1v) is 6.91. The second-order valence-electron chi connectivity index (χ2n) is 6.45. The van der Waals surface area contributed by atoms with E-state index in [0.29, 0.717) is 19.1 Å². The van der Waals surface area contributed by atoms with Gasteiger partial charge in [0.05, 0.1) is 12.2 Å². The van der Waals surface area contributed by atoms with Gasteiger partial charge in [-0.05, 0) is 37.0 Å². The Kier molecular flexibility index (Phi) is 3.54. The topological polar surface area (TPSA) is 55.5 Å². The van der Waals surface area contributed by atoms with Gasteiger partial charge >= 0.3 is 0 Å². The van der Waals surface area contributed by atoms with Crippen LogP contribution in [-0.4, -0.2) is 31.0 Å². The Balaban J connectivity index is 2.32. The summed E-state index contributed by atoms with van der Waals surface area (Å²) in [6, 6.07) is 0. The number of fused-ring (bicyclic) bond motifs is 2.